The molecule has 0 N–H and O–H groups in total. The summed E-state index contributed by atoms with van der Waals surface area (Å²) in [7, 11) is 1.61. The number of carbonyl (C=O) groups is 1. The molecule has 0 rings (SSSR count). The molecular weight excluding hydrogens is 180 g/mol. The van der Waals surface area contributed by atoms with Crippen LogP contribution in [-0.4, -0.2) is 25.8 Å². The highest BCUT2D eigenvalue weighted by molar-refractivity contribution is 5.81. The predicted molar refractivity (Wildman–Crippen MR) is 56.0 cm³/mol. The maximum atomic E-state index is 11.0. The summed E-state index contributed by atoms with van der Waals surface area (Å²) in [6.45, 7) is 5.79. The molecule has 0 aliphatic carbocycles. The fourth-order valence-corrected chi connectivity index (χ4v) is 0.951. The lowest BCUT2D eigenvalue weighted by molar-refractivity contribution is -0.137. The Labute approximate surface area is 85.4 Å². The van der Waals surface area contributed by atoms with Gasteiger partial charge in [0, 0.05) is 13.2 Å². The highest BCUT2D eigenvalue weighted by Crippen LogP contribution is 2.03. The van der Waals surface area contributed by atoms with E-state index in [9.17, 15) is 4.79 Å². The van der Waals surface area contributed by atoms with Gasteiger partial charge in [-0.3, -0.25) is 0 Å². The number of allylic oxidation sites excluding steroid dienone is 1. The van der Waals surface area contributed by atoms with Crippen molar-refractivity contribution in [3.05, 3.63) is 24.8 Å². The smallest absolute Gasteiger partial charge is 0.330 e. The number of ether oxygens (including phenoxy) is 2. The highest BCUT2D eigenvalue weighted by atomic mass is 16.5. The van der Waals surface area contributed by atoms with Crippen LogP contribution < -0.4 is 0 Å². The Hall–Kier alpha value is -1.09. The van der Waals surface area contributed by atoms with Gasteiger partial charge in [-0.15, -0.1) is 6.58 Å². The fourth-order valence-electron chi connectivity index (χ4n) is 0.951. The lowest BCUT2D eigenvalue weighted by Gasteiger charge is -2.08. The minimum Gasteiger partial charge on any atom is -0.463 e. The van der Waals surface area contributed by atoms with E-state index >= 15 is 0 Å². The fraction of sp³-hybridized carbons (Fsp3) is 0.545. The SMILES string of the molecule is C=CCCC(/C=C/C(=O)OCC)OC. The van der Waals surface area contributed by atoms with Crippen molar-refractivity contribution in [1.82, 2.24) is 0 Å². The molecule has 0 heterocycles. The zero-order chi connectivity index (χ0) is 10.8. The van der Waals surface area contributed by atoms with E-state index in [4.69, 9.17) is 9.47 Å². The topological polar surface area (TPSA) is 35.5 Å². The second kappa shape index (κ2) is 8.51. The first-order valence-electron chi connectivity index (χ1n) is 4.73. The Balaban J connectivity index is 3.89. The molecule has 0 amide bonds. The first-order chi connectivity index (χ1) is 6.74. The third kappa shape index (κ3) is 6.43. The standard InChI is InChI=1S/C11H18O3/c1-4-6-7-10(13-3)8-9-11(12)14-5-2/h4,8-10H,1,5-7H2,2-3H3/b9-8+. The molecule has 0 aromatic carbocycles. The summed E-state index contributed by atoms with van der Waals surface area (Å²) in [6, 6.07) is 0. The number of methoxy groups -OCH3 is 1. The van der Waals surface area contributed by atoms with E-state index < -0.39 is 0 Å². The summed E-state index contributed by atoms with van der Waals surface area (Å²) >= 11 is 0. The normalized spacial score (nSPS) is 12.7. The Bertz CT molecular complexity index is 197. The molecule has 1 unspecified atom stereocenters. The molecule has 80 valence electrons. The van der Waals surface area contributed by atoms with Crippen LogP contribution in [0.2, 0.25) is 0 Å². The highest BCUT2D eigenvalue weighted by Gasteiger charge is 2.02. The molecule has 0 saturated heterocycles. The molecule has 0 fully saturated rings. The van der Waals surface area contributed by atoms with E-state index in [-0.39, 0.29) is 12.1 Å². The number of esters is 1. The van der Waals surface area contributed by atoms with Gasteiger partial charge in [0.1, 0.15) is 0 Å². The van der Waals surface area contributed by atoms with Gasteiger partial charge >= 0.3 is 5.97 Å². The molecule has 0 spiro atoms. The van der Waals surface area contributed by atoms with Crippen molar-refractivity contribution < 1.29 is 14.3 Å². The minimum atomic E-state index is -0.326. The Kier molecular flexibility index (Phi) is 7.84. The van der Waals surface area contributed by atoms with Crippen molar-refractivity contribution in [3.8, 4) is 0 Å². The van der Waals surface area contributed by atoms with Gasteiger partial charge in [0.2, 0.25) is 0 Å². The molecule has 0 aromatic heterocycles. The van der Waals surface area contributed by atoms with Gasteiger partial charge in [-0.05, 0) is 25.8 Å². The lowest BCUT2D eigenvalue weighted by Crippen LogP contribution is -2.08. The van der Waals surface area contributed by atoms with E-state index in [2.05, 4.69) is 6.58 Å². The Morgan fingerprint density at radius 3 is 2.79 bits per heavy atom. The second-order valence-corrected chi connectivity index (χ2v) is 2.75. The van der Waals surface area contributed by atoms with E-state index in [1.807, 2.05) is 6.08 Å². The van der Waals surface area contributed by atoms with E-state index in [1.165, 1.54) is 6.08 Å². The van der Waals surface area contributed by atoms with E-state index in [1.54, 1.807) is 20.1 Å². The van der Waals surface area contributed by atoms with Crippen LogP contribution in [0.25, 0.3) is 0 Å². The van der Waals surface area contributed by atoms with Crippen molar-refractivity contribution in [2.45, 2.75) is 25.9 Å². The largest absolute Gasteiger partial charge is 0.463 e. The third-order valence-electron chi connectivity index (χ3n) is 1.69. The van der Waals surface area contributed by atoms with Gasteiger partial charge in [-0.1, -0.05) is 6.08 Å². The first kappa shape index (κ1) is 12.9. The lowest BCUT2D eigenvalue weighted by atomic mass is 10.2. The third-order valence-corrected chi connectivity index (χ3v) is 1.69. The van der Waals surface area contributed by atoms with Crippen LogP contribution in [-0.2, 0) is 14.3 Å². The van der Waals surface area contributed by atoms with Crippen LogP contribution in [0.3, 0.4) is 0 Å². The molecule has 0 bridgehead atoms. The molecule has 0 aromatic rings. The van der Waals surface area contributed by atoms with Crippen LogP contribution in [0.4, 0.5) is 0 Å². The molecule has 3 heteroatoms. The van der Waals surface area contributed by atoms with Crippen LogP contribution >= 0.6 is 0 Å². The van der Waals surface area contributed by atoms with Gasteiger partial charge in [0.25, 0.3) is 0 Å². The zero-order valence-electron chi connectivity index (χ0n) is 8.86. The van der Waals surface area contributed by atoms with Gasteiger partial charge in [-0.2, -0.15) is 0 Å². The van der Waals surface area contributed by atoms with Crippen molar-refractivity contribution in [2.24, 2.45) is 0 Å². The van der Waals surface area contributed by atoms with Crippen LogP contribution in [0.1, 0.15) is 19.8 Å². The molecule has 0 radical (unpaired) electrons. The van der Waals surface area contributed by atoms with Crippen LogP contribution in [0, 0.1) is 0 Å². The maximum absolute atomic E-state index is 11.0. The minimum absolute atomic E-state index is 0.0441. The molecule has 14 heavy (non-hydrogen) atoms. The number of carbonyl (C=O) groups excluding carboxylic acids is 1. The second-order valence-electron chi connectivity index (χ2n) is 2.75. The average Bonchev–Trinajstić information content (AvgIpc) is 2.19. The van der Waals surface area contributed by atoms with Crippen molar-refractivity contribution >= 4 is 5.97 Å². The molecule has 0 aliphatic heterocycles. The first-order valence-corrected chi connectivity index (χ1v) is 4.73. The van der Waals surface area contributed by atoms with Crippen LogP contribution in [0.15, 0.2) is 24.8 Å². The van der Waals surface area contributed by atoms with Crippen LogP contribution in [0.5, 0.6) is 0 Å². The maximum Gasteiger partial charge on any atom is 0.330 e. The van der Waals surface area contributed by atoms with E-state index in [0.717, 1.165) is 12.8 Å². The molecule has 0 aliphatic rings. The van der Waals surface area contributed by atoms with Crippen molar-refractivity contribution in [1.29, 1.82) is 0 Å². The Morgan fingerprint density at radius 1 is 1.57 bits per heavy atom. The quantitative estimate of drug-likeness (QED) is 0.357. The number of hydrogen-bond acceptors (Lipinski definition) is 3. The predicted octanol–water partition coefficient (Wildman–Crippen LogP) is 2.09. The zero-order valence-corrected chi connectivity index (χ0v) is 8.86. The summed E-state index contributed by atoms with van der Waals surface area (Å²) in [5, 5.41) is 0. The van der Waals surface area contributed by atoms with E-state index in [0.29, 0.717) is 6.61 Å². The monoisotopic (exact) mass is 198 g/mol. The summed E-state index contributed by atoms with van der Waals surface area (Å²) in [5.74, 6) is -0.326. The van der Waals surface area contributed by atoms with Crippen molar-refractivity contribution in [2.75, 3.05) is 13.7 Å². The summed E-state index contributed by atoms with van der Waals surface area (Å²) < 4.78 is 9.88. The number of hydrogen-bond donors (Lipinski definition) is 0. The summed E-state index contributed by atoms with van der Waals surface area (Å²) in [6.07, 6.45) is 6.59. The molecular formula is C11H18O3. The van der Waals surface area contributed by atoms with Gasteiger partial charge in [0.15, 0.2) is 0 Å². The number of rotatable bonds is 7. The van der Waals surface area contributed by atoms with Gasteiger partial charge in [-0.25, -0.2) is 4.79 Å². The molecule has 1 atom stereocenters. The summed E-state index contributed by atoms with van der Waals surface area (Å²) in [5.41, 5.74) is 0. The Morgan fingerprint density at radius 2 is 2.29 bits per heavy atom. The van der Waals surface area contributed by atoms with Crippen molar-refractivity contribution in [3.63, 3.8) is 0 Å². The van der Waals surface area contributed by atoms with Gasteiger partial charge < -0.3 is 9.47 Å². The molecule has 0 saturated carbocycles. The average molecular weight is 198 g/mol. The summed E-state index contributed by atoms with van der Waals surface area (Å²) in [4.78, 5) is 11.0. The van der Waals surface area contributed by atoms with Gasteiger partial charge in [0.05, 0.1) is 12.7 Å². The molecule has 3 nitrogen and oxygen atoms in total.